The minimum atomic E-state index is 0.552. The van der Waals surface area contributed by atoms with Crippen LogP contribution in [0.3, 0.4) is 0 Å². The van der Waals surface area contributed by atoms with E-state index in [1.54, 1.807) is 7.11 Å². The normalized spacial score (nSPS) is 29.1. The van der Waals surface area contributed by atoms with Crippen molar-refractivity contribution in [3.63, 3.8) is 0 Å². The SMILES string of the molecule is CCCNC(c1ccc(OC)cc1C)C1C2CCCC21. The Morgan fingerprint density at radius 1 is 1.30 bits per heavy atom. The Hall–Kier alpha value is -1.02. The van der Waals surface area contributed by atoms with E-state index in [2.05, 4.69) is 37.4 Å². The van der Waals surface area contributed by atoms with Gasteiger partial charge in [-0.15, -0.1) is 0 Å². The van der Waals surface area contributed by atoms with Crippen LogP contribution in [0, 0.1) is 24.7 Å². The lowest BCUT2D eigenvalue weighted by atomic mass is 9.93. The minimum absolute atomic E-state index is 0.552. The molecular weight excluding hydrogens is 246 g/mol. The summed E-state index contributed by atoms with van der Waals surface area (Å²) in [6, 6.07) is 7.11. The zero-order valence-electron chi connectivity index (χ0n) is 13.0. The molecule has 0 radical (unpaired) electrons. The third kappa shape index (κ3) is 2.46. The monoisotopic (exact) mass is 273 g/mol. The van der Waals surface area contributed by atoms with Gasteiger partial charge in [0.05, 0.1) is 7.11 Å². The van der Waals surface area contributed by atoms with E-state index in [0.717, 1.165) is 30.0 Å². The first-order valence-corrected chi connectivity index (χ1v) is 8.14. The first-order chi connectivity index (χ1) is 9.76. The Morgan fingerprint density at radius 3 is 2.65 bits per heavy atom. The molecule has 1 N–H and O–H groups in total. The van der Waals surface area contributed by atoms with E-state index < -0.39 is 0 Å². The standard InChI is InChI=1S/C18H27NO/c1-4-10-19-18(17-15-6-5-7-16(15)17)14-9-8-13(20-3)11-12(14)2/h8-9,11,15-19H,4-7,10H2,1-3H3. The quantitative estimate of drug-likeness (QED) is 0.843. The molecule has 3 unspecified atom stereocenters. The second kappa shape index (κ2) is 5.77. The number of rotatable bonds is 6. The number of nitrogens with one attached hydrogen (secondary N) is 1. The van der Waals surface area contributed by atoms with E-state index in [4.69, 9.17) is 4.74 Å². The molecule has 3 rings (SSSR count). The van der Waals surface area contributed by atoms with Crippen LogP contribution in [0.2, 0.25) is 0 Å². The van der Waals surface area contributed by atoms with Crippen molar-refractivity contribution in [1.82, 2.24) is 5.32 Å². The van der Waals surface area contributed by atoms with Crippen LogP contribution >= 0.6 is 0 Å². The highest BCUT2D eigenvalue weighted by atomic mass is 16.5. The van der Waals surface area contributed by atoms with Crippen LogP contribution in [-0.2, 0) is 0 Å². The van der Waals surface area contributed by atoms with Gasteiger partial charge in [0.15, 0.2) is 0 Å². The van der Waals surface area contributed by atoms with Crippen LogP contribution in [0.1, 0.15) is 49.8 Å². The van der Waals surface area contributed by atoms with E-state index in [0.29, 0.717) is 6.04 Å². The summed E-state index contributed by atoms with van der Waals surface area (Å²) >= 11 is 0. The van der Waals surface area contributed by atoms with Crippen LogP contribution in [0.15, 0.2) is 18.2 Å². The fourth-order valence-corrected chi connectivity index (χ4v) is 4.25. The summed E-state index contributed by atoms with van der Waals surface area (Å²) in [7, 11) is 1.74. The van der Waals surface area contributed by atoms with Gasteiger partial charge in [0.2, 0.25) is 0 Å². The van der Waals surface area contributed by atoms with Gasteiger partial charge < -0.3 is 10.1 Å². The molecule has 2 aliphatic carbocycles. The van der Waals surface area contributed by atoms with Crippen molar-refractivity contribution in [3.05, 3.63) is 29.3 Å². The molecule has 0 bridgehead atoms. The van der Waals surface area contributed by atoms with Crippen molar-refractivity contribution < 1.29 is 4.74 Å². The predicted molar refractivity (Wildman–Crippen MR) is 83.1 cm³/mol. The summed E-state index contributed by atoms with van der Waals surface area (Å²) in [6.45, 7) is 5.58. The van der Waals surface area contributed by atoms with Crippen LogP contribution in [-0.4, -0.2) is 13.7 Å². The molecular formula is C18H27NO. The van der Waals surface area contributed by atoms with E-state index in [-0.39, 0.29) is 0 Å². The summed E-state index contributed by atoms with van der Waals surface area (Å²) < 4.78 is 5.34. The molecule has 0 aliphatic heterocycles. The van der Waals surface area contributed by atoms with Gasteiger partial charge >= 0.3 is 0 Å². The highest BCUT2D eigenvalue weighted by molar-refractivity contribution is 5.38. The van der Waals surface area contributed by atoms with Crippen LogP contribution in [0.25, 0.3) is 0 Å². The van der Waals surface area contributed by atoms with E-state index in [1.807, 2.05) is 0 Å². The molecule has 110 valence electrons. The van der Waals surface area contributed by atoms with Gasteiger partial charge in [-0.1, -0.05) is 19.4 Å². The first-order valence-electron chi connectivity index (χ1n) is 8.14. The van der Waals surface area contributed by atoms with Gasteiger partial charge in [0.25, 0.3) is 0 Å². The summed E-state index contributed by atoms with van der Waals surface area (Å²) in [4.78, 5) is 0. The number of ether oxygens (including phenoxy) is 1. The maximum atomic E-state index is 5.34. The van der Waals surface area contributed by atoms with Crippen LogP contribution < -0.4 is 10.1 Å². The topological polar surface area (TPSA) is 21.3 Å². The van der Waals surface area contributed by atoms with Gasteiger partial charge in [-0.25, -0.2) is 0 Å². The molecule has 0 saturated heterocycles. The molecule has 20 heavy (non-hydrogen) atoms. The van der Waals surface area contributed by atoms with Crippen molar-refractivity contribution in [2.24, 2.45) is 17.8 Å². The molecule has 2 saturated carbocycles. The third-order valence-corrected chi connectivity index (χ3v) is 5.28. The number of aryl methyl sites for hydroxylation is 1. The van der Waals surface area contributed by atoms with Crippen molar-refractivity contribution in [3.8, 4) is 5.75 Å². The maximum Gasteiger partial charge on any atom is 0.119 e. The second-order valence-electron chi connectivity index (χ2n) is 6.49. The smallest absolute Gasteiger partial charge is 0.119 e. The number of benzene rings is 1. The number of methoxy groups -OCH3 is 1. The largest absolute Gasteiger partial charge is 0.497 e. The molecule has 2 aliphatic rings. The molecule has 2 nitrogen and oxygen atoms in total. The molecule has 3 atom stereocenters. The lowest BCUT2D eigenvalue weighted by Gasteiger charge is -2.23. The van der Waals surface area contributed by atoms with Crippen LogP contribution in [0.5, 0.6) is 5.75 Å². The van der Waals surface area contributed by atoms with Crippen molar-refractivity contribution in [1.29, 1.82) is 0 Å². The average Bonchev–Trinajstić information content (AvgIpc) is 2.93. The first kappa shape index (κ1) is 13.9. The highest BCUT2D eigenvalue weighted by Crippen LogP contribution is 2.62. The summed E-state index contributed by atoms with van der Waals surface area (Å²) in [5, 5.41) is 3.81. The number of hydrogen-bond acceptors (Lipinski definition) is 2. The molecule has 2 fully saturated rings. The Bertz CT molecular complexity index is 460. The lowest BCUT2D eigenvalue weighted by molar-refractivity contribution is 0.407. The fraction of sp³-hybridized carbons (Fsp3) is 0.667. The van der Waals surface area contributed by atoms with Gasteiger partial charge in [-0.2, -0.15) is 0 Å². The van der Waals surface area contributed by atoms with Crippen LogP contribution in [0.4, 0.5) is 0 Å². The van der Waals surface area contributed by atoms with E-state index in [1.165, 1.54) is 36.8 Å². The molecule has 2 heteroatoms. The van der Waals surface area contributed by atoms with E-state index >= 15 is 0 Å². The average molecular weight is 273 g/mol. The molecule has 0 amide bonds. The zero-order valence-corrected chi connectivity index (χ0v) is 13.0. The Labute approximate surface area is 122 Å². The second-order valence-corrected chi connectivity index (χ2v) is 6.49. The Kier molecular flexibility index (Phi) is 4.02. The Morgan fingerprint density at radius 2 is 2.05 bits per heavy atom. The highest BCUT2D eigenvalue weighted by Gasteiger charge is 2.56. The lowest BCUT2D eigenvalue weighted by Crippen LogP contribution is -2.26. The van der Waals surface area contributed by atoms with Gasteiger partial charge in [0, 0.05) is 6.04 Å². The third-order valence-electron chi connectivity index (χ3n) is 5.28. The summed E-state index contributed by atoms with van der Waals surface area (Å²) in [5.41, 5.74) is 2.85. The van der Waals surface area contributed by atoms with Gasteiger partial charge in [-0.3, -0.25) is 0 Å². The zero-order chi connectivity index (χ0) is 14.1. The minimum Gasteiger partial charge on any atom is -0.497 e. The van der Waals surface area contributed by atoms with Gasteiger partial charge in [-0.05, 0) is 73.7 Å². The molecule has 0 aromatic heterocycles. The Balaban J connectivity index is 1.81. The molecule has 0 spiro atoms. The van der Waals surface area contributed by atoms with Gasteiger partial charge in [0.1, 0.15) is 5.75 Å². The van der Waals surface area contributed by atoms with E-state index in [9.17, 15) is 0 Å². The molecule has 1 aromatic carbocycles. The van der Waals surface area contributed by atoms with Crippen molar-refractivity contribution in [2.45, 2.75) is 45.6 Å². The van der Waals surface area contributed by atoms with Crippen molar-refractivity contribution in [2.75, 3.05) is 13.7 Å². The predicted octanol–water partition coefficient (Wildman–Crippen LogP) is 4.09. The molecule has 1 aromatic rings. The summed E-state index contributed by atoms with van der Waals surface area (Å²) in [5.74, 6) is 3.83. The number of hydrogen-bond donors (Lipinski definition) is 1. The summed E-state index contributed by atoms with van der Waals surface area (Å²) in [6.07, 6.45) is 5.56. The number of fused-ring (bicyclic) bond motifs is 1. The molecule has 0 heterocycles. The van der Waals surface area contributed by atoms with Crippen molar-refractivity contribution >= 4 is 0 Å². The maximum absolute atomic E-state index is 5.34. The fourth-order valence-electron chi connectivity index (χ4n) is 4.25.